The Hall–Kier alpha value is -2.02. The maximum Gasteiger partial charge on any atom is 0.230 e. The van der Waals surface area contributed by atoms with E-state index in [1.54, 1.807) is 0 Å². The summed E-state index contributed by atoms with van der Waals surface area (Å²) in [6.07, 6.45) is 1.06. The number of amides is 1. The second kappa shape index (κ2) is 8.78. The molecular formula is C20H31N5OS. The van der Waals surface area contributed by atoms with Gasteiger partial charge in [0, 0.05) is 5.41 Å². The molecule has 2 aromatic rings. The number of rotatable bonds is 7. The normalized spacial score (nSPS) is 13.0. The molecule has 0 aliphatic rings. The van der Waals surface area contributed by atoms with Gasteiger partial charge in [-0.3, -0.25) is 4.79 Å². The summed E-state index contributed by atoms with van der Waals surface area (Å²) in [7, 11) is 0. The predicted octanol–water partition coefficient (Wildman–Crippen LogP) is 3.46. The molecule has 0 bridgehead atoms. The Kier molecular flexibility index (Phi) is 6.92. The lowest BCUT2D eigenvalue weighted by Gasteiger charge is -2.17. The summed E-state index contributed by atoms with van der Waals surface area (Å²) in [5.41, 5.74) is 2.22. The Balaban J connectivity index is 1.89. The Morgan fingerprint density at radius 3 is 2.33 bits per heavy atom. The number of hydrogen-bond donors (Lipinski definition) is 2. The predicted molar refractivity (Wildman–Crippen MR) is 111 cm³/mol. The average molecular weight is 390 g/mol. The van der Waals surface area contributed by atoms with E-state index >= 15 is 0 Å². The largest absolute Gasteiger partial charge is 0.349 e. The van der Waals surface area contributed by atoms with Crippen LogP contribution in [-0.4, -0.2) is 26.5 Å². The van der Waals surface area contributed by atoms with Gasteiger partial charge in [-0.1, -0.05) is 70.6 Å². The Bertz CT molecular complexity index is 762. The molecular weight excluding hydrogens is 358 g/mol. The van der Waals surface area contributed by atoms with E-state index < -0.39 is 0 Å². The molecule has 2 rings (SSSR count). The Morgan fingerprint density at radius 2 is 1.81 bits per heavy atom. The van der Waals surface area contributed by atoms with Crippen molar-refractivity contribution in [3.63, 3.8) is 0 Å². The van der Waals surface area contributed by atoms with Gasteiger partial charge in [0.2, 0.25) is 11.1 Å². The SMILES string of the molecule is CC(C)Cc1ccc(C(C)NC(=O)CSc2nnc(C(C)(C)C)n2N)cc1. The molecule has 1 aromatic heterocycles. The maximum atomic E-state index is 12.3. The van der Waals surface area contributed by atoms with Gasteiger partial charge in [-0.2, -0.15) is 0 Å². The summed E-state index contributed by atoms with van der Waals surface area (Å²) in [5, 5.41) is 11.8. The van der Waals surface area contributed by atoms with Crippen molar-refractivity contribution in [1.29, 1.82) is 0 Å². The van der Waals surface area contributed by atoms with Gasteiger partial charge in [-0.25, -0.2) is 4.68 Å². The van der Waals surface area contributed by atoms with Crippen molar-refractivity contribution in [2.75, 3.05) is 11.6 Å². The molecule has 1 atom stereocenters. The van der Waals surface area contributed by atoms with Crippen LogP contribution in [0.3, 0.4) is 0 Å². The maximum absolute atomic E-state index is 12.3. The molecule has 1 unspecified atom stereocenters. The summed E-state index contributed by atoms with van der Waals surface area (Å²) in [4.78, 5) is 12.3. The summed E-state index contributed by atoms with van der Waals surface area (Å²) in [6, 6.07) is 8.39. The Morgan fingerprint density at radius 1 is 1.19 bits per heavy atom. The number of nitrogens with zero attached hydrogens (tertiary/aromatic N) is 3. The number of hydrogen-bond acceptors (Lipinski definition) is 5. The second-order valence-corrected chi connectivity index (χ2v) is 9.29. The fourth-order valence-electron chi connectivity index (χ4n) is 2.80. The molecule has 1 aromatic carbocycles. The molecule has 148 valence electrons. The average Bonchev–Trinajstić information content (AvgIpc) is 2.94. The van der Waals surface area contributed by atoms with Crippen LogP contribution < -0.4 is 11.2 Å². The van der Waals surface area contributed by atoms with E-state index in [4.69, 9.17) is 5.84 Å². The van der Waals surface area contributed by atoms with E-state index in [0.29, 0.717) is 16.9 Å². The van der Waals surface area contributed by atoms with Gasteiger partial charge in [0.25, 0.3) is 0 Å². The molecule has 1 amide bonds. The zero-order valence-electron chi connectivity index (χ0n) is 17.1. The van der Waals surface area contributed by atoms with Crippen molar-refractivity contribution in [2.24, 2.45) is 5.92 Å². The zero-order valence-corrected chi connectivity index (χ0v) is 17.9. The molecule has 1 heterocycles. The highest BCUT2D eigenvalue weighted by Crippen LogP contribution is 2.23. The first-order valence-corrected chi connectivity index (χ1v) is 10.3. The minimum atomic E-state index is -0.195. The smallest absolute Gasteiger partial charge is 0.230 e. The van der Waals surface area contributed by atoms with Crippen LogP contribution in [0.2, 0.25) is 0 Å². The summed E-state index contributed by atoms with van der Waals surface area (Å²) >= 11 is 1.29. The van der Waals surface area contributed by atoms with E-state index in [9.17, 15) is 4.79 Å². The zero-order chi connectivity index (χ0) is 20.2. The highest BCUT2D eigenvalue weighted by Gasteiger charge is 2.23. The molecule has 0 radical (unpaired) electrons. The summed E-state index contributed by atoms with van der Waals surface area (Å²) in [6.45, 7) is 12.5. The Labute approximate surface area is 166 Å². The lowest BCUT2D eigenvalue weighted by Crippen LogP contribution is -2.28. The van der Waals surface area contributed by atoms with Crippen LogP contribution in [0.25, 0.3) is 0 Å². The number of aromatic nitrogens is 3. The summed E-state index contributed by atoms with van der Waals surface area (Å²) in [5.74, 6) is 7.57. The van der Waals surface area contributed by atoms with E-state index in [1.807, 2.05) is 27.7 Å². The van der Waals surface area contributed by atoms with Crippen LogP contribution in [0, 0.1) is 5.92 Å². The topological polar surface area (TPSA) is 85.8 Å². The first-order valence-electron chi connectivity index (χ1n) is 9.30. The van der Waals surface area contributed by atoms with Gasteiger partial charge in [0.1, 0.15) is 0 Å². The highest BCUT2D eigenvalue weighted by atomic mass is 32.2. The van der Waals surface area contributed by atoms with Gasteiger partial charge in [-0.05, 0) is 30.4 Å². The van der Waals surface area contributed by atoms with Gasteiger partial charge >= 0.3 is 0 Å². The molecule has 7 heteroatoms. The highest BCUT2D eigenvalue weighted by molar-refractivity contribution is 7.99. The van der Waals surface area contributed by atoms with Crippen molar-refractivity contribution in [3.8, 4) is 0 Å². The first-order chi connectivity index (χ1) is 12.6. The molecule has 0 aliphatic carbocycles. The molecule has 0 saturated heterocycles. The third-order valence-corrected chi connectivity index (χ3v) is 5.11. The summed E-state index contributed by atoms with van der Waals surface area (Å²) < 4.78 is 1.47. The minimum absolute atomic E-state index is 0.0490. The van der Waals surface area contributed by atoms with Crippen molar-refractivity contribution in [2.45, 2.75) is 64.6 Å². The minimum Gasteiger partial charge on any atom is -0.349 e. The van der Waals surface area contributed by atoms with Crippen molar-refractivity contribution in [1.82, 2.24) is 20.2 Å². The lowest BCUT2D eigenvalue weighted by atomic mass is 9.96. The first kappa shape index (κ1) is 21.3. The van der Waals surface area contributed by atoms with Crippen LogP contribution in [-0.2, 0) is 16.6 Å². The van der Waals surface area contributed by atoms with Gasteiger partial charge < -0.3 is 11.2 Å². The van der Waals surface area contributed by atoms with Crippen LogP contribution in [0.5, 0.6) is 0 Å². The van der Waals surface area contributed by atoms with Crippen molar-refractivity contribution < 1.29 is 4.79 Å². The molecule has 0 spiro atoms. The van der Waals surface area contributed by atoms with Crippen LogP contribution >= 0.6 is 11.8 Å². The number of thioether (sulfide) groups is 1. The third kappa shape index (κ3) is 5.99. The molecule has 6 nitrogen and oxygen atoms in total. The van der Waals surface area contributed by atoms with Crippen LogP contribution in [0.1, 0.15) is 64.5 Å². The standard InChI is InChI=1S/C20H31N5OS/c1-13(2)11-15-7-9-16(10-8-15)14(3)22-17(26)12-27-19-24-23-18(25(19)21)20(4,5)6/h7-10,13-14H,11-12,21H2,1-6H3,(H,22,26). The van der Waals surface area contributed by atoms with Gasteiger partial charge in [0.05, 0.1) is 11.8 Å². The number of benzene rings is 1. The quantitative estimate of drug-likeness (QED) is 0.559. The molecule has 0 saturated carbocycles. The monoisotopic (exact) mass is 389 g/mol. The van der Waals surface area contributed by atoms with E-state index in [0.717, 1.165) is 12.0 Å². The number of carbonyl (C=O) groups excluding carboxylic acids is 1. The van der Waals surface area contributed by atoms with Crippen molar-refractivity contribution in [3.05, 3.63) is 41.2 Å². The number of nitrogens with two attached hydrogens (primary N) is 1. The number of nitrogens with one attached hydrogen (secondary N) is 1. The third-order valence-electron chi connectivity index (χ3n) is 4.17. The molecule has 27 heavy (non-hydrogen) atoms. The molecule has 0 aliphatic heterocycles. The molecule has 0 fully saturated rings. The van der Waals surface area contributed by atoms with E-state index in [-0.39, 0.29) is 23.1 Å². The van der Waals surface area contributed by atoms with Gasteiger partial charge in [-0.15, -0.1) is 10.2 Å². The van der Waals surface area contributed by atoms with Crippen LogP contribution in [0.4, 0.5) is 0 Å². The lowest BCUT2D eigenvalue weighted by molar-refractivity contribution is -0.119. The van der Waals surface area contributed by atoms with E-state index in [1.165, 1.54) is 22.0 Å². The van der Waals surface area contributed by atoms with Gasteiger partial charge in [0.15, 0.2) is 5.82 Å². The fourth-order valence-corrected chi connectivity index (χ4v) is 3.46. The second-order valence-electron chi connectivity index (χ2n) is 8.34. The number of nitrogen functional groups attached to an aromatic ring is 1. The number of carbonyl (C=O) groups is 1. The van der Waals surface area contributed by atoms with Crippen molar-refractivity contribution >= 4 is 17.7 Å². The molecule has 3 N–H and O–H groups in total. The van der Waals surface area contributed by atoms with E-state index in [2.05, 4.69) is 53.6 Å². The fraction of sp³-hybridized carbons (Fsp3) is 0.550. The van der Waals surface area contributed by atoms with Crippen LogP contribution in [0.15, 0.2) is 29.4 Å².